The minimum Gasteiger partial charge on any atom is -0.359 e. The first-order valence-electron chi connectivity index (χ1n) is 7.51. The number of hydrogen-bond donors (Lipinski definition) is 2. The van der Waals surface area contributed by atoms with Crippen LogP contribution in [0.3, 0.4) is 0 Å². The lowest BCUT2D eigenvalue weighted by Gasteiger charge is -2.18. The Morgan fingerprint density at radius 2 is 1.92 bits per heavy atom. The SMILES string of the molecule is CNC(=O)Cc1ccc(NC(=O)N(C)Cc2cc(Cl)cn2C)cc1. The number of carbonyl (C=O) groups is 2. The molecule has 0 spiro atoms. The van der Waals surface area contributed by atoms with Crippen LogP contribution in [0.4, 0.5) is 10.5 Å². The van der Waals surface area contributed by atoms with Crippen LogP contribution >= 0.6 is 11.6 Å². The molecule has 128 valence electrons. The first-order chi connectivity index (χ1) is 11.4. The van der Waals surface area contributed by atoms with Gasteiger partial charge >= 0.3 is 6.03 Å². The Bertz CT molecular complexity index is 725. The first-order valence-corrected chi connectivity index (χ1v) is 7.89. The molecule has 0 bridgehead atoms. The van der Waals surface area contributed by atoms with Gasteiger partial charge in [-0.2, -0.15) is 0 Å². The first kappa shape index (κ1) is 17.9. The highest BCUT2D eigenvalue weighted by Gasteiger charge is 2.12. The van der Waals surface area contributed by atoms with Crippen molar-refractivity contribution in [2.75, 3.05) is 19.4 Å². The van der Waals surface area contributed by atoms with Crippen LogP contribution in [0.15, 0.2) is 36.5 Å². The van der Waals surface area contributed by atoms with Gasteiger partial charge in [0.15, 0.2) is 0 Å². The number of benzene rings is 1. The van der Waals surface area contributed by atoms with Crippen molar-refractivity contribution in [2.45, 2.75) is 13.0 Å². The number of aryl methyl sites for hydroxylation is 1. The van der Waals surface area contributed by atoms with E-state index in [0.717, 1.165) is 11.3 Å². The van der Waals surface area contributed by atoms with Crippen molar-refractivity contribution in [3.63, 3.8) is 0 Å². The number of nitrogens with one attached hydrogen (secondary N) is 2. The molecule has 0 atom stereocenters. The molecule has 0 fully saturated rings. The molecule has 2 N–H and O–H groups in total. The largest absolute Gasteiger partial charge is 0.359 e. The van der Waals surface area contributed by atoms with Gasteiger partial charge in [0.2, 0.25) is 5.91 Å². The van der Waals surface area contributed by atoms with Crippen molar-refractivity contribution < 1.29 is 9.59 Å². The molecule has 24 heavy (non-hydrogen) atoms. The Balaban J connectivity index is 1.93. The van der Waals surface area contributed by atoms with Crippen LogP contribution in [0.2, 0.25) is 5.02 Å². The number of likely N-dealkylation sites (N-methyl/N-ethyl adjacent to an activating group) is 1. The van der Waals surface area contributed by atoms with Crippen molar-refractivity contribution in [1.29, 1.82) is 0 Å². The molecule has 0 aliphatic carbocycles. The van der Waals surface area contributed by atoms with Gasteiger partial charge in [0.1, 0.15) is 0 Å². The molecule has 3 amide bonds. The van der Waals surface area contributed by atoms with Gasteiger partial charge in [-0.25, -0.2) is 4.79 Å². The third kappa shape index (κ3) is 4.76. The van der Waals surface area contributed by atoms with E-state index in [1.165, 1.54) is 0 Å². The summed E-state index contributed by atoms with van der Waals surface area (Å²) in [4.78, 5) is 25.2. The van der Waals surface area contributed by atoms with Crippen molar-refractivity contribution in [1.82, 2.24) is 14.8 Å². The topological polar surface area (TPSA) is 66.4 Å². The zero-order chi connectivity index (χ0) is 17.7. The zero-order valence-corrected chi connectivity index (χ0v) is 14.7. The lowest BCUT2D eigenvalue weighted by Crippen LogP contribution is -2.31. The van der Waals surface area contributed by atoms with Crippen LogP contribution in [0.5, 0.6) is 0 Å². The summed E-state index contributed by atoms with van der Waals surface area (Å²) in [6.07, 6.45) is 2.12. The van der Waals surface area contributed by atoms with Gasteiger partial charge in [-0.05, 0) is 23.8 Å². The fraction of sp³-hybridized carbons (Fsp3) is 0.294. The molecule has 1 aromatic carbocycles. The Hall–Kier alpha value is -2.47. The van der Waals surface area contributed by atoms with E-state index >= 15 is 0 Å². The van der Waals surface area contributed by atoms with E-state index in [2.05, 4.69) is 10.6 Å². The highest BCUT2D eigenvalue weighted by Crippen LogP contribution is 2.15. The molecule has 6 nitrogen and oxygen atoms in total. The van der Waals surface area contributed by atoms with E-state index in [4.69, 9.17) is 11.6 Å². The number of anilines is 1. The molecule has 1 heterocycles. The lowest BCUT2D eigenvalue weighted by molar-refractivity contribution is -0.119. The molecule has 0 saturated heterocycles. The number of halogens is 1. The number of carbonyl (C=O) groups excluding carboxylic acids is 2. The van der Waals surface area contributed by atoms with Crippen molar-refractivity contribution in [2.24, 2.45) is 7.05 Å². The summed E-state index contributed by atoms with van der Waals surface area (Å²) in [5, 5.41) is 6.05. The molecule has 2 aromatic rings. The predicted molar refractivity (Wildman–Crippen MR) is 95.1 cm³/mol. The summed E-state index contributed by atoms with van der Waals surface area (Å²) in [5.74, 6) is -0.0484. The number of amides is 3. The summed E-state index contributed by atoms with van der Waals surface area (Å²) in [7, 11) is 5.21. The van der Waals surface area contributed by atoms with Crippen LogP contribution in [-0.2, 0) is 24.8 Å². The highest BCUT2D eigenvalue weighted by atomic mass is 35.5. The third-order valence-electron chi connectivity index (χ3n) is 3.67. The maximum absolute atomic E-state index is 12.3. The van der Waals surface area contributed by atoms with E-state index < -0.39 is 0 Å². The van der Waals surface area contributed by atoms with Gasteiger partial charge in [0, 0.05) is 38.7 Å². The molecule has 0 unspecified atom stereocenters. The second-order valence-electron chi connectivity index (χ2n) is 5.59. The summed E-state index contributed by atoms with van der Waals surface area (Å²) in [5.41, 5.74) is 2.51. The fourth-order valence-electron chi connectivity index (χ4n) is 2.24. The van der Waals surface area contributed by atoms with E-state index in [-0.39, 0.29) is 11.9 Å². The van der Waals surface area contributed by atoms with E-state index in [0.29, 0.717) is 23.7 Å². The van der Waals surface area contributed by atoms with E-state index in [1.54, 1.807) is 37.3 Å². The van der Waals surface area contributed by atoms with Gasteiger partial charge in [-0.15, -0.1) is 0 Å². The maximum atomic E-state index is 12.3. The Morgan fingerprint density at radius 1 is 1.25 bits per heavy atom. The molecular weight excluding hydrogens is 328 g/mol. The fourth-order valence-corrected chi connectivity index (χ4v) is 2.51. The second kappa shape index (κ2) is 7.88. The Kier molecular flexibility index (Phi) is 5.87. The average molecular weight is 349 g/mol. The van der Waals surface area contributed by atoms with Gasteiger partial charge in [0.25, 0.3) is 0 Å². The molecule has 7 heteroatoms. The molecule has 2 rings (SSSR count). The number of hydrogen-bond acceptors (Lipinski definition) is 2. The van der Waals surface area contributed by atoms with E-state index in [9.17, 15) is 9.59 Å². The second-order valence-corrected chi connectivity index (χ2v) is 6.03. The van der Waals surface area contributed by atoms with Crippen LogP contribution in [0.1, 0.15) is 11.3 Å². The molecule has 0 aliphatic heterocycles. The molecule has 0 saturated carbocycles. The van der Waals surface area contributed by atoms with Crippen LogP contribution in [0, 0.1) is 0 Å². The summed E-state index contributed by atoms with van der Waals surface area (Å²) < 4.78 is 1.89. The Morgan fingerprint density at radius 3 is 2.46 bits per heavy atom. The monoisotopic (exact) mass is 348 g/mol. The zero-order valence-electron chi connectivity index (χ0n) is 14.0. The number of nitrogens with zero attached hydrogens (tertiary/aromatic N) is 2. The number of urea groups is 1. The van der Waals surface area contributed by atoms with Gasteiger partial charge in [0.05, 0.1) is 18.0 Å². The summed E-state index contributed by atoms with van der Waals surface area (Å²) >= 11 is 5.95. The maximum Gasteiger partial charge on any atom is 0.321 e. The van der Waals surface area contributed by atoms with E-state index in [1.807, 2.05) is 29.8 Å². The molecule has 0 radical (unpaired) electrons. The van der Waals surface area contributed by atoms with Crippen molar-refractivity contribution in [3.05, 3.63) is 52.8 Å². The quantitative estimate of drug-likeness (QED) is 0.872. The molecule has 1 aromatic heterocycles. The third-order valence-corrected chi connectivity index (χ3v) is 3.88. The Labute approximate surface area is 146 Å². The van der Waals surface area contributed by atoms with Crippen LogP contribution in [-0.4, -0.2) is 35.5 Å². The van der Waals surface area contributed by atoms with Crippen LogP contribution < -0.4 is 10.6 Å². The average Bonchev–Trinajstić information content (AvgIpc) is 2.86. The molecular formula is C17H21ClN4O2. The minimum absolute atomic E-state index is 0.0484. The summed E-state index contributed by atoms with van der Waals surface area (Å²) in [6, 6.07) is 8.82. The highest BCUT2D eigenvalue weighted by molar-refractivity contribution is 6.30. The lowest BCUT2D eigenvalue weighted by atomic mass is 10.1. The normalized spacial score (nSPS) is 10.3. The van der Waals surface area contributed by atoms with Gasteiger partial charge in [-0.1, -0.05) is 23.7 Å². The summed E-state index contributed by atoms with van der Waals surface area (Å²) in [6.45, 7) is 0.448. The smallest absolute Gasteiger partial charge is 0.321 e. The van der Waals surface area contributed by atoms with Crippen molar-refractivity contribution in [3.8, 4) is 0 Å². The van der Waals surface area contributed by atoms with Gasteiger partial charge < -0.3 is 20.1 Å². The number of aromatic nitrogens is 1. The van der Waals surface area contributed by atoms with Crippen LogP contribution in [0.25, 0.3) is 0 Å². The predicted octanol–water partition coefficient (Wildman–Crippen LogP) is 2.63. The minimum atomic E-state index is -0.216. The number of rotatable bonds is 5. The van der Waals surface area contributed by atoms with Crippen molar-refractivity contribution >= 4 is 29.2 Å². The van der Waals surface area contributed by atoms with Gasteiger partial charge in [-0.3, -0.25) is 4.79 Å². The molecule has 0 aliphatic rings. The standard InChI is InChI=1S/C17H21ClN4O2/c1-19-16(23)8-12-4-6-14(7-5-12)20-17(24)22(3)11-15-9-13(18)10-21(15)2/h4-7,9-10H,8,11H2,1-3H3,(H,19,23)(H,20,24).